The molecule has 0 fully saturated rings. The number of H-pyrrole nitrogens is 1. The van der Waals surface area contributed by atoms with Crippen LogP contribution < -0.4 is 0 Å². The highest BCUT2D eigenvalue weighted by Gasteiger charge is 2.28. The van der Waals surface area contributed by atoms with E-state index >= 15 is 0 Å². The third-order valence-electron chi connectivity index (χ3n) is 4.62. The average molecular weight is 348 g/mol. The summed E-state index contributed by atoms with van der Waals surface area (Å²) in [5.41, 5.74) is 5.20. The SMILES string of the molecule is Cc1noc(C)c1-c1n[nH]c2c1CN(C(=O)c1ccc(C#N)nc1)CC2. The number of hydrogen-bond donors (Lipinski definition) is 1. The van der Waals surface area contributed by atoms with Crippen LogP contribution in [0, 0.1) is 25.2 Å². The highest BCUT2D eigenvalue weighted by Crippen LogP contribution is 2.32. The fraction of sp³-hybridized carbons (Fsp3) is 0.278. The number of pyridine rings is 1. The summed E-state index contributed by atoms with van der Waals surface area (Å²) in [5.74, 6) is 0.593. The van der Waals surface area contributed by atoms with Gasteiger partial charge in [0.15, 0.2) is 0 Å². The van der Waals surface area contributed by atoms with E-state index in [4.69, 9.17) is 9.78 Å². The van der Waals surface area contributed by atoms with E-state index in [9.17, 15) is 4.79 Å². The van der Waals surface area contributed by atoms with Crippen molar-refractivity contribution in [2.24, 2.45) is 0 Å². The van der Waals surface area contributed by atoms with Crippen LogP contribution in [0.1, 0.15) is 38.8 Å². The zero-order valence-electron chi connectivity index (χ0n) is 14.4. The maximum atomic E-state index is 12.8. The Morgan fingerprint density at radius 3 is 2.88 bits per heavy atom. The van der Waals surface area contributed by atoms with Crippen molar-refractivity contribution >= 4 is 5.91 Å². The Kier molecular flexibility index (Phi) is 3.77. The van der Waals surface area contributed by atoms with Gasteiger partial charge < -0.3 is 9.42 Å². The second kappa shape index (κ2) is 6.11. The maximum Gasteiger partial charge on any atom is 0.255 e. The first kappa shape index (κ1) is 16.0. The van der Waals surface area contributed by atoms with Crippen molar-refractivity contribution in [3.05, 3.63) is 52.3 Å². The van der Waals surface area contributed by atoms with E-state index < -0.39 is 0 Å². The number of rotatable bonds is 2. The van der Waals surface area contributed by atoms with Gasteiger partial charge in [-0.15, -0.1) is 0 Å². The second-order valence-electron chi connectivity index (χ2n) is 6.25. The van der Waals surface area contributed by atoms with Crippen LogP contribution in [-0.4, -0.2) is 37.7 Å². The Hall–Kier alpha value is -3.47. The molecule has 130 valence electrons. The summed E-state index contributed by atoms with van der Waals surface area (Å²) < 4.78 is 5.26. The molecular formula is C18H16N6O2. The van der Waals surface area contributed by atoms with Crippen LogP contribution in [0.3, 0.4) is 0 Å². The third kappa shape index (κ3) is 2.54. The standard InChI is InChI=1S/C18H16N6O2/c1-10-16(11(2)26-23-10)17-14-9-24(6-5-15(14)21-22-17)18(25)12-3-4-13(7-19)20-8-12/h3-4,8H,5-6,9H2,1-2H3,(H,21,22). The van der Waals surface area contributed by atoms with Crippen molar-refractivity contribution in [3.63, 3.8) is 0 Å². The van der Waals surface area contributed by atoms with E-state index in [0.717, 1.165) is 28.2 Å². The van der Waals surface area contributed by atoms with Crippen LogP contribution >= 0.6 is 0 Å². The molecule has 3 aromatic heterocycles. The lowest BCUT2D eigenvalue weighted by Crippen LogP contribution is -2.36. The number of aromatic nitrogens is 4. The summed E-state index contributed by atoms with van der Waals surface area (Å²) in [6.07, 6.45) is 2.14. The number of nitriles is 1. The minimum Gasteiger partial charge on any atom is -0.361 e. The molecule has 8 nitrogen and oxygen atoms in total. The minimum atomic E-state index is -0.112. The van der Waals surface area contributed by atoms with Crippen LogP contribution in [0.5, 0.6) is 0 Å². The monoisotopic (exact) mass is 348 g/mol. The lowest BCUT2D eigenvalue weighted by Gasteiger charge is -2.27. The van der Waals surface area contributed by atoms with Crippen molar-refractivity contribution in [1.29, 1.82) is 5.26 Å². The molecule has 4 rings (SSSR count). The van der Waals surface area contributed by atoms with E-state index in [2.05, 4.69) is 20.3 Å². The quantitative estimate of drug-likeness (QED) is 0.759. The zero-order valence-corrected chi connectivity index (χ0v) is 14.4. The third-order valence-corrected chi connectivity index (χ3v) is 4.62. The fourth-order valence-corrected chi connectivity index (χ4v) is 3.27. The molecule has 0 spiro atoms. The molecule has 0 radical (unpaired) electrons. The Balaban J connectivity index is 1.64. The molecule has 0 aliphatic carbocycles. The summed E-state index contributed by atoms with van der Waals surface area (Å²) in [7, 11) is 0. The Morgan fingerprint density at radius 2 is 2.23 bits per heavy atom. The molecule has 1 aliphatic rings. The van der Waals surface area contributed by atoms with Gasteiger partial charge >= 0.3 is 0 Å². The number of hydrogen-bond acceptors (Lipinski definition) is 6. The van der Waals surface area contributed by atoms with Gasteiger partial charge in [-0.25, -0.2) is 4.98 Å². The Morgan fingerprint density at radius 1 is 1.38 bits per heavy atom. The van der Waals surface area contributed by atoms with Crippen LogP contribution in [0.2, 0.25) is 0 Å². The number of fused-ring (bicyclic) bond motifs is 1. The lowest BCUT2D eigenvalue weighted by molar-refractivity contribution is 0.0734. The highest BCUT2D eigenvalue weighted by molar-refractivity contribution is 5.94. The van der Waals surface area contributed by atoms with E-state index in [1.165, 1.54) is 6.20 Å². The van der Waals surface area contributed by atoms with Crippen molar-refractivity contribution in [2.75, 3.05) is 6.54 Å². The minimum absolute atomic E-state index is 0.112. The van der Waals surface area contributed by atoms with E-state index in [-0.39, 0.29) is 11.6 Å². The molecular weight excluding hydrogens is 332 g/mol. The van der Waals surface area contributed by atoms with Crippen molar-refractivity contribution < 1.29 is 9.32 Å². The summed E-state index contributed by atoms with van der Waals surface area (Å²) in [6.45, 7) is 4.77. The van der Waals surface area contributed by atoms with Gasteiger partial charge in [-0.05, 0) is 26.0 Å². The molecule has 0 unspecified atom stereocenters. The van der Waals surface area contributed by atoms with E-state index in [1.807, 2.05) is 19.9 Å². The molecule has 4 heterocycles. The lowest BCUT2D eigenvalue weighted by atomic mass is 9.99. The fourth-order valence-electron chi connectivity index (χ4n) is 3.27. The summed E-state index contributed by atoms with van der Waals surface area (Å²) >= 11 is 0. The first-order chi connectivity index (χ1) is 12.6. The number of nitrogens with one attached hydrogen (secondary N) is 1. The van der Waals surface area contributed by atoms with Gasteiger partial charge in [0.25, 0.3) is 5.91 Å². The van der Waals surface area contributed by atoms with Gasteiger partial charge in [0.05, 0.1) is 16.8 Å². The molecule has 1 N–H and O–H groups in total. The molecule has 0 saturated carbocycles. The number of carbonyl (C=O) groups is 1. The van der Waals surface area contributed by atoms with Gasteiger partial charge in [-0.2, -0.15) is 10.4 Å². The van der Waals surface area contributed by atoms with Gasteiger partial charge in [0.1, 0.15) is 23.2 Å². The van der Waals surface area contributed by atoms with Gasteiger partial charge in [0, 0.05) is 37.0 Å². The molecule has 0 aromatic carbocycles. The van der Waals surface area contributed by atoms with Crippen LogP contribution in [0.25, 0.3) is 11.3 Å². The van der Waals surface area contributed by atoms with Gasteiger partial charge in [0.2, 0.25) is 0 Å². The van der Waals surface area contributed by atoms with Crippen LogP contribution in [0.4, 0.5) is 0 Å². The molecule has 8 heteroatoms. The second-order valence-corrected chi connectivity index (χ2v) is 6.25. The molecule has 1 amide bonds. The number of carbonyl (C=O) groups excluding carboxylic acids is 1. The number of aryl methyl sites for hydroxylation is 2. The van der Waals surface area contributed by atoms with Gasteiger partial charge in [-0.3, -0.25) is 9.89 Å². The van der Waals surface area contributed by atoms with E-state index in [0.29, 0.717) is 30.8 Å². The Labute approximate surface area is 149 Å². The van der Waals surface area contributed by atoms with Crippen molar-refractivity contribution in [1.82, 2.24) is 25.2 Å². The van der Waals surface area contributed by atoms with Crippen molar-refractivity contribution in [2.45, 2.75) is 26.8 Å². The predicted octanol–water partition coefficient (Wildman–Crippen LogP) is 2.15. The molecule has 0 atom stereocenters. The van der Waals surface area contributed by atoms with Gasteiger partial charge in [-0.1, -0.05) is 5.16 Å². The molecule has 0 bridgehead atoms. The average Bonchev–Trinajstić information content (AvgIpc) is 3.23. The Bertz CT molecular complexity index is 1010. The highest BCUT2D eigenvalue weighted by atomic mass is 16.5. The molecule has 1 aliphatic heterocycles. The van der Waals surface area contributed by atoms with Crippen molar-refractivity contribution in [3.8, 4) is 17.3 Å². The maximum absolute atomic E-state index is 12.8. The first-order valence-electron chi connectivity index (χ1n) is 8.23. The first-order valence-corrected chi connectivity index (χ1v) is 8.23. The summed E-state index contributed by atoms with van der Waals surface area (Å²) in [4.78, 5) is 18.6. The number of aromatic amines is 1. The topological polar surface area (TPSA) is 112 Å². The summed E-state index contributed by atoms with van der Waals surface area (Å²) in [5, 5.41) is 20.3. The predicted molar refractivity (Wildman–Crippen MR) is 91.0 cm³/mol. The molecule has 0 saturated heterocycles. The van der Waals surface area contributed by atoms with Crippen LogP contribution in [0.15, 0.2) is 22.9 Å². The molecule has 26 heavy (non-hydrogen) atoms. The molecule has 3 aromatic rings. The number of nitrogens with zero attached hydrogens (tertiary/aromatic N) is 5. The smallest absolute Gasteiger partial charge is 0.255 e. The largest absolute Gasteiger partial charge is 0.361 e. The van der Waals surface area contributed by atoms with E-state index in [1.54, 1.807) is 17.0 Å². The summed E-state index contributed by atoms with van der Waals surface area (Å²) in [6, 6.07) is 5.14. The number of amides is 1. The van der Waals surface area contributed by atoms with Crippen LogP contribution in [-0.2, 0) is 13.0 Å². The normalized spacial score (nSPS) is 13.3. The zero-order chi connectivity index (χ0) is 18.3.